The molecule has 4 rings (SSSR count). The molecule has 0 aromatic carbocycles. The third-order valence-corrected chi connectivity index (χ3v) is 5.24. The summed E-state index contributed by atoms with van der Waals surface area (Å²) >= 11 is 0. The number of pyridine rings is 2. The number of nitrogen functional groups attached to an aromatic ring is 1. The van der Waals surface area contributed by atoms with Crippen LogP contribution in [0.25, 0.3) is 10.9 Å². The van der Waals surface area contributed by atoms with Gasteiger partial charge >= 0.3 is 0 Å². The van der Waals surface area contributed by atoms with Crippen LogP contribution in [0.2, 0.25) is 0 Å². The highest BCUT2D eigenvalue weighted by Crippen LogP contribution is 2.47. The Labute approximate surface area is 130 Å². The number of likely N-dealkylation sites (tertiary alicyclic amines) is 1. The van der Waals surface area contributed by atoms with Crippen LogP contribution in [0.15, 0.2) is 24.4 Å². The fraction of sp³-hybridized carbons (Fsp3) is 0.529. The predicted molar refractivity (Wildman–Crippen MR) is 86.4 cm³/mol. The van der Waals surface area contributed by atoms with Gasteiger partial charge in [0.1, 0.15) is 11.4 Å². The number of rotatable bonds is 2. The summed E-state index contributed by atoms with van der Waals surface area (Å²) in [6.45, 7) is 3.12. The number of hydrogen-bond acceptors (Lipinski definition) is 5. The summed E-state index contributed by atoms with van der Waals surface area (Å²) < 4.78 is 6.13. The van der Waals surface area contributed by atoms with Gasteiger partial charge in [0.15, 0.2) is 0 Å². The molecule has 5 heteroatoms. The maximum Gasteiger partial charge on any atom is 0.125 e. The van der Waals surface area contributed by atoms with Crippen molar-refractivity contribution in [3.05, 3.63) is 30.1 Å². The molecule has 1 unspecified atom stereocenters. The standard InChI is InChI=1S/C17H22N4O/c1-21-7-4-13(5-8-21)17(6-9-22-17)15-3-2-12-11-19-16(18)10-14(12)20-15/h2-3,10-11,13H,4-9H2,1H3,(H2,18,19). The number of hydrogen-bond donors (Lipinski definition) is 1. The van der Waals surface area contributed by atoms with Crippen LogP contribution in [0.1, 0.15) is 25.0 Å². The summed E-state index contributed by atoms with van der Waals surface area (Å²) in [5.41, 5.74) is 7.58. The van der Waals surface area contributed by atoms with Crippen molar-refractivity contribution in [1.29, 1.82) is 0 Å². The van der Waals surface area contributed by atoms with Crippen LogP contribution in [0.4, 0.5) is 5.82 Å². The zero-order chi connectivity index (χ0) is 15.2. The summed E-state index contributed by atoms with van der Waals surface area (Å²) in [7, 11) is 2.19. The Bertz CT molecular complexity index is 690. The molecule has 2 aliphatic heterocycles. The lowest BCUT2D eigenvalue weighted by molar-refractivity contribution is -0.199. The second kappa shape index (κ2) is 5.18. The molecule has 116 valence electrons. The highest BCUT2D eigenvalue weighted by atomic mass is 16.5. The van der Waals surface area contributed by atoms with Crippen molar-refractivity contribution >= 4 is 16.7 Å². The zero-order valence-electron chi connectivity index (χ0n) is 13.0. The molecular weight excluding hydrogens is 276 g/mol. The summed E-state index contributed by atoms with van der Waals surface area (Å²) in [5.74, 6) is 1.07. The van der Waals surface area contributed by atoms with Crippen molar-refractivity contribution in [3.63, 3.8) is 0 Å². The van der Waals surface area contributed by atoms with Crippen LogP contribution in [0.5, 0.6) is 0 Å². The first-order chi connectivity index (χ1) is 10.7. The first-order valence-electron chi connectivity index (χ1n) is 8.03. The number of nitrogens with two attached hydrogens (primary N) is 1. The number of piperidine rings is 1. The van der Waals surface area contributed by atoms with Gasteiger partial charge in [-0.3, -0.25) is 0 Å². The van der Waals surface area contributed by atoms with Gasteiger partial charge in [0.25, 0.3) is 0 Å². The summed E-state index contributed by atoms with van der Waals surface area (Å²) in [6, 6.07) is 6.04. The normalized spacial score (nSPS) is 27.0. The minimum absolute atomic E-state index is 0.187. The molecule has 5 nitrogen and oxygen atoms in total. The van der Waals surface area contributed by atoms with Crippen molar-refractivity contribution in [3.8, 4) is 0 Å². The Kier molecular flexibility index (Phi) is 3.27. The lowest BCUT2D eigenvalue weighted by Gasteiger charge is -2.49. The maximum absolute atomic E-state index is 6.13. The molecule has 0 saturated carbocycles. The minimum atomic E-state index is -0.187. The Morgan fingerprint density at radius 1 is 1.32 bits per heavy atom. The molecular formula is C17H22N4O. The molecule has 22 heavy (non-hydrogen) atoms. The lowest BCUT2D eigenvalue weighted by Crippen LogP contribution is -2.51. The van der Waals surface area contributed by atoms with E-state index in [4.69, 9.17) is 15.5 Å². The first-order valence-corrected chi connectivity index (χ1v) is 8.03. The van der Waals surface area contributed by atoms with Crippen LogP contribution < -0.4 is 5.73 Å². The molecule has 0 amide bonds. The quantitative estimate of drug-likeness (QED) is 0.920. The number of nitrogens with zero attached hydrogens (tertiary/aromatic N) is 3. The SMILES string of the molecule is CN1CCC(C2(c3ccc4cnc(N)cc4n3)CCO2)CC1. The molecule has 0 aliphatic carbocycles. The van der Waals surface area contributed by atoms with Crippen molar-refractivity contribution in [2.24, 2.45) is 5.92 Å². The molecule has 0 radical (unpaired) electrons. The fourth-order valence-electron chi connectivity index (χ4n) is 3.80. The topological polar surface area (TPSA) is 64.3 Å². The number of anilines is 1. The predicted octanol–water partition coefficient (Wildman–Crippen LogP) is 2.17. The molecule has 4 heterocycles. The van der Waals surface area contributed by atoms with E-state index in [1.54, 1.807) is 6.20 Å². The van der Waals surface area contributed by atoms with Crippen molar-refractivity contribution in [2.45, 2.75) is 24.9 Å². The molecule has 1 atom stereocenters. The van der Waals surface area contributed by atoms with E-state index in [1.165, 1.54) is 12.8 Å². The van der Waals surface area contributed by atoms with Crippen LogP contribution >= 0.6 is 0 Å². The average Bonchev–Trinajstić information content (AvgIpc) is 2.47. The Balaban J connectivity index is 1.71. The van der Waals surface area contributed by atoms with Crippen molar-refractivity contribution in [2.75, 3.05) is 32.5 Å². The van der Waals surface area contributed by atoms with E-state index in [0.29, 0.717) is 11.7 Å². The number of ether oxygens (including phenoxy) is 1. The highest BCUT2D eigenvalue weighted by molar-refractivity contribution is 5.79. The number of fused-ring (bicyclic) bond motifs is 1. The minimum Gasteiger partial charge on any atom is -0.384 e. The van der Waals surface area contributed by atoms with Crippen LogP contribution in [-0.4, -0.2) is 41.6 Å². The largest absolute Gasteiger partial charge is 0.384 e. The molecule has 2 fully saturated rings. The zero-order valence-corrected chi connectivity index (χ0v) is 13.0. The smallest absolute Gasteiger partial charge is 0.125 e. The molecule has 0 spiro atoms. The molecule has 2 aromatic rings. The molecule has 2 saturated heterocycles. The second-order valence-electron chi connectivity index (χ2n) is 6.56. The van der Waals surface area contributed by atoms with Gasteiger partial charge in [-0.1, -0.05) is 0 Å². The molecule has 2 N–H and O–H groups in total. The van der Waals surface area contributed by atoms with E-state index in [0.717, 1.165) is 42.7 Å². The third kappa shape index (κ3) is 2.16. The Morgan fingerprint density at radius 3 is 2.77 bits per heavy atom. The van der Waals surface area contributed by atoms with Gasteiger partial charge in [-0.2, -0.15) is 0 Å². The molecule has 2 aromatic heterocycles. The van der Waals surface area contributed by atoms with Gasteiger partial charge in [0, 0.05) is 24.1 Å². The number of aromatic nitrogens is 2. The van der Waals surface area contributed by atoms with Crippen molar-refractivity contribution < 1.29 is 4.74 Å². The third-order valence-electron chi connectivity index (χ3n) is 5.24. The van der Waals surface area contributed by atoms with E-state index < -0.39 is 0 Å². The molecule has 0 bridgehead atoms. The van der Waals surface area contributed by atoms with Gasteiger partial charge in [-0.05, 0) is 51.0 Å². The van der Waals surface area contributed by atoms with Gasteiger partial charge < -0.3 is 15.4 Å². The summed E-state index contributed by atoms with van der Waals surface area (Å²) in [6.07, 6.45) is 5.20. The Hall–Kier alpha value is -1.72. The van der Waals surface area contributed by atoms with E-state index in [-0.39, 0.29) is 5.60 Å². The van der Waals surface area contributed by atoms with Crippen LogP contribution in [0.3, 0.4) is 0 Å². The van der Waals surface area contributed by atoms with Gasteiger partial charge in [-0.25, -0.2) is 9.97 Å². The molecule has 2 aliphatic rings. The van der Waals surface area contributed by atoms with Gasteiger partial charge in [-0.15, -0.1) is 0 Å². The average molecular weight is 298 g/mol. The highest BCUT2D eigenvalue weighted by Gasteiger charge is 2.48. The van der Waals surface area contributed by atoms with Gasteiger partial charge in [0.2, 0.25) is 0 Å². The lowest BCUT2D eigenvalue weighted by atomic mass is 9.73. The van der Waals surface area contributed by atoms with E-state index >= 15 is 0 Å². The fourth-order valence-corrected chi connectivity index (χ4v) is 3.80. The maximum atomic E-state index is 6.13. The van der Waals surface area contributed by atoms with Crippen molar-refractivity contribution in [1.82, 2.24) is 14.9 Å². The monoisotopic (exact) mass is 298 g/mol. The van der Waals surface area contributed by atoms with Crippen LogP contribution in [0, 0.1) is 5.92 Å². The Morgan fingerprint density at radius 2 is 2.09 bits per heavy atom. The van der Waals surface area contributed by atoms with Gasteiger partial charge in [0.05, 0.1) is 17.8 Å². The summed E-state index contributed by atoms with van der Waals surface area (Å²) in [4.78, 5) is 11.4. The van der Waals surface area contributed by atoms with E-state index in [1.807, 2.05) is 6.07 Å². The van der Waals surface area contributed by atoms with E-state index in [2.05, 4.69) is 29.1 Å². The van der Waals surface area contributed by atoms with Crippen LogP contribution in [-0.2, 0) is 10.3 Å². The first kappa shape index (κ1) is 13.9. The second-order valence-corrected chi connectivity index (χ2v) is 6.56. The van der Waals surface area contributed by atoms with E-state index in [9.17, 15) is 0 Å². The summed E-state index contributed by atoms with van der Waals surface area (Å²) in [5, 5.41) is 1.02.